The van der Waals surface area contributed by atoms with Crippen molar-refractivity contribution < 1.29 is 9.18 Å². The van der Waals surface area contributed by atoms with Crippen LogP contribution in [0.2, 0.25) is 0 Å². The normalized spacial score (nSPS) is 24.2. The minimum atomic E-state index is -0.403. The Labute approximate surface area is 107 Å². The zero-order valence-electron chi connectivity index (χ0n) is 10.9. The fourth-order valence-electron chi connectivity index (χ4n) is 2.36. The van der Waals surface area contributed by atoms with E-state index in [1.807, 2.05) is 14.0 Å². The van der Waals surface area contributed by atoms with E-state index in [0.29, 0.717) is 6.54 Å². The van der Waals surface area contributed by atoms with Gasteiger partial charge in [-0.2, -0.15) is 0 Å². The Morgan fingerprint density at radius 3 is 2.67 bits per heavy atom. The molecule has 1 fully saturated rings. The van der Waals surface area contributed by atoms with Crippen LogP contribution >= 0.6 is 0 Å². The lowest BCUT2D eigenvalue weighted by molar-refractivity contribution is -0.130. The van der Waals surface area contributed by atoms with Crippen LogP contribution in [0.4, 0.5) is 4.39 Å². The first kappa shape index (κ1) is 13.0. The summed E-state index contributed by atoms with van der Waals surface area (Å²) in [5.74, 6) is -0.209. The van der Waals surface area contributed by atoms with Crippen molar-refractivity contribution in [3.05, 3.63) is 35.6 Å². The van der Waals surface area contributed by atoms with Gasteiger partial charge in [-0.3, -0.25) is 9.69 Å². The lowest BCUT2D eigenvalue weighted by atomic mass is 9.98. The van der Waals surface area contributed by atoms with E-state index in [4.69, 9.17) is 0 Å². The highest BCUT2D eigenvalue weighted by molar-refractivity contribution is 5.86. The van der Waals surface area contributed by atoms with Crippen molar-refractivity contribution in [1.82, 2.24) is 10.2 Å². The van der Waals surface area contributed by atoms with Crippen LogP contribution < -0.4 is 5.32 Å². The third-order valence-electron chi connectivity index (χ3n) is 3.86. The van der Waals surface area contributed by atoms with Crippen molar-refractivity contribution in [2.75, 3.05) is 13.6 Å². The molecule has 0 spiro atoms. The van der Waals surface area contributed by atoms with Gasteiger partial charge in [0.25, 0.3) is 0 Å². The zero-order chi connectivity index (χ0) is 13.2. The Hall–Kier alpha value is -1.42. The maximum atomic E-state index is 12.7. The molecule has 0 saturated carbocycles. The number of nitrogens with zero attached hydrogens (tertiary/aromatic N) is 1. The van der Waals surface area contributed by atoms with Crippen molar-refractivity contribution in [2.24, 2.45) is 0 Å². The van der Waals surface area contributed by atoms with Crippen LogP contribution in [0.3, 0.4) is 0 Å². The van der Waals surface area contributed by atoms with Gasteiger partial charge >= 0.3 is 0 Å². The minimum Gasteiger partial charge on any atom is -0.350 e. The van der Waals surface area contributed by atoms with Crippen molar-refractivity contribution in [3.8, 4) is 0 Å². The second kappa shape index (κ2) is 5.06. The number of benzene rings is 1. The van der Waals surface area contributed by atoms with Gasteiger partial charge in [-0.1, -0.05) is 12.1 Å². The van der Waals surface area contributed by atoms with E-state index in [0.717, 1.165) is 24.9 Å². The van der Waals surface area contributed by atoms with E-state index >= 15 is 0 Å². The van der Waals surface area contributed by atoms with Gasteiger partial charge in [0.15, 0.2) is 0 Å². The Kier molecular flexibility index (Phi) is 3.66. The first-order chi connectivity index (χ1) is 8.52. The molecule has 1 aromatic rings. The summed E-state index contributed by atoms with van der Waals surface area (Å²) in [5.41, 5.74) is 0.508. The Morgan fingerprint density at radius 2 is 2.11 bits per heavy atom. The van der Waals surface area contributed by atoms with Crippen LogP contribution in [0.25, 0.3) is 0 Å². The molecule has 0 radical (unpaired) electrons. The van der Waals surface area contributed by atoms with Gasteiger partial charge in [-0.25, -0.2) is 4.39 Å². The molecule has 0 bridgehead atoms. The highest BCUT2D eigenvalue weighted by atomic mass is 19.1. The quantitative estimate of drug-likeness (QED) is 0.889. The van der Waals surface area contributed by atoms with E-state index in [2.05, 4.69) is 10.2 Å². The van der Waals surface area contributed by atoms with Gasteiger partial charge < -0.3 is 5.32 Å². The van der Waals surface area contributed by atoms with Crippen LogP contribution in [0.5, 0.6) is 0 Å². The summed E-state index contributed by atoms with van der Waals surface area (Å²) in [6.07, 6.45) is 1.94. The largest absolute Gasteiger partial charge is 0.350 e. The molecule has 1 atom stereocenters. The predicted molar refractivity (Wildman–Crippen MR) is 68.5 cm³/mol. The van der Waals surface area contributed by atoms with Crippen LogP contribution in [-0.2, 0) is 11.3 Å². The second-order valence-corrected chi connectivity index (χ2v) is 5.11. The number of likely N-dealkylation sites (tertiary alicyclic amines) is 1. The molecule has 1 aliphatic rings. The molecule has 1 aliphatic heterocycles. The lowest BCUT2D eigenvalue weighted by Crippen LogP contribution is -2.51. The summed E-state index contributed by atoms with van der Waals surface area (Å²) in [6.45, 7) is 3.38. The molecule has 1 aromatic carbocycles. The average Bonchev–Trinajstić information content (AvgIpc) is 2.70. The predicted octanol–water partition coefficient (Wildman–Crippen LogP) is 1.93. The smallest absolute Gasteiger partial charge is 0.240 e. The van der Waals surface area contributed by atoms with Gasteiger partial charge in [0.05, 0.1) is 5.54 Å². The fraction of sp³-hybridized carbons (Fsp3) is 0.500. The van der Waals surface area contributed by atoms with Gasteiger partial charge in [-0.15, -0.1) is 0 Å². The van der Waals surface area contributed by atoms with Crippen molar-refractivity contribution in [1.29, 1.82) is 0 Å². The highest BCUT2D eigenvalue weighted by Gasteiger charge is 2.40. The molecule has 2 rings (SSSR count). The van der Waals surface area contributed by atoms with Crippen LogP contribution in [0.15, 0.2) is 24.3 Å². The van der Waals surface area contributed by atoms with Crippen molar-refractivity contribution >= 4 is 5.91 Å². The number of hydrogen-bond acceptors (Lipinski definition) is 2. The summed E-state index contributed by atoms with van der Waals surface area (Å²) in [4.78, 5) is 14.3. The standard InChI is InChI=1S/C14H19FN2O/c1-14(8-3-9-17(14)2)13(18)16-10-11-4-6-12(15)7-5-11/h4-7H,3,8-10H2,1-2H3,(H,16,18). The van der Waals surface area contributed by atoms with Crippen LogP contribution in [0.1, 0.15) is 25.3 Å². The number of carbonyl (C=O) groups excluding carboxylic acids is 1. The molecule has 1 unspecified atom stereocenters. The van der Waals surface area contributed by atoms with E-state index in [1.165, 1.54) is 12.1 Å². The summed E-state index contributed by atoms with van der Waals surface area (Å²) in [7, 11) is 1.98. The molecule has 4 heteroatoms. The number of carbonyl (C=O) groups is 1. The van der Waals surface area contributed by atoms with Gasteiger partial charge in [0.1, 0.15) is 5.82 Å². The van der Waals surface area contributed by atoms with E-state index < -0.39 is 5.54 Å². The number of hydrogen-bond donors (Lipinski definition) is 1. The number of nitrogens with one attached hydrogen (secondary N) is 1. The zero-order valence-corrected chi connectivity index (χ0v) is 10.9. The molecule has 1 heterocycles. The summed E-state index contributed by atoms with van der Waals surface area (Å²) >= 11 is 0. The van der Waals surface area contributed by atoms with Crippen LogP contribution in [-0.4, -0.2) is 29.9 Å². The molecule has 18 heavy (non-hydrogen) atoms. The third kappa shape index (κ3) is 2.53. The Balaban J connectivity index is 1.94. The van der Waals surface area contributed by atoms with E-state index in [1.54, 1.807) is 12.1 Å². The van der Waals surface area contributed by atoms with Gasteiger partial charge in [0, 0.05) is 6.54 Å². The van der Waals surface area contributed by atoms with Crippen molar-refractivity contribution in [3.63, 3.8) is 0 Å². The topological polar surface area (TPSA) is 32.3 Å². The molecule has 3 nitrogen and oxygen atoms in total. The second-order valence-electron chi connectivity index (χ2n) is 5.11. The maximum Gasteiger partial charge on any atom is 0.240 e. The van der Waals surface area contributed by atoms with Crippen LogP contribution in [0, 0.1) is 5.82 Å². The van der Waals surface area contributed by atoms with Crippen molar-refractivity contribution in [2.45, 2.75) is 31.8 Å². The fourth-order valence-corrected chi connectivity index (χ4v) is 2.36. The minimum absolute atomic E-state index is 0.0480. The SMILES string of the molecule is CN1CCCC1(C)C(=O)NCc1ccc(F)cc1. The first-order valence-electron chi connectivity index (χ1n) is 6.26. The summed E-state index contributed by atoms with van der Waals surface area (Å²) < 4.78 is 12.7. The Morgan fingerprint density at radius 1 is 1.44 bits per heavy atom. The lowest BCUT2D eigenvalue weighted by Gasteiger charge is -2.30. The summed E-state index contributed by atoms with van der Waals surface area (Å²) in [5, 5.41) is 2.93. The first-order valence-corrected chi connectivity index (χ1v) is 6.26. The van der Waals surface area contributed by atoms with E-state index in [-0.39, 0.29) is 11.7 Å². The molecule has 0 aromatic heterocycles. The number of likely N-dealkylation sites (N-methyl/N-ethyl adjacent to an activating group) is 1. The van der Waals surface area contributed by atoms with E-state index in [9.17, 15) is 9.18 Å². The van der Waals surface area contributed by atoms with Gasteiger partial charge in [0.2, 0.25) is 5.91 Å². The van der Waals surface area contributed by atoms with Gasteiger partial charge in [-0.05, 0) is 51.1 Å². The maximum absolute atomic E-state index is 12.7. The number of halogens is 1. The molecular formula is C14H19FN2O. The third-order valence-corrected chi connectivity index (χ3v) is 3.86. The molecule has 1 N–H and O–H groups in total. The molecule has 98 valence electrons. The highest BCUT2D eigenvalue weighted by Crippen LogP contribution is 2.27. The Bertz CT molecular complexity index is 432. The molecule has 1 amide bonds. The molecular weight excluding hydrogens is 231 g/mol. The number of amides is 1. The molecule has 0 aliphatic carbocycles. The number of rotatable bonds is 3. The average molecular weight is 250 g/mol. The summed E-state index contributed by atoms with van der Waals surface area (Å²) in [6, 6.07) is 6.20. The monoisotopic (exact) mass is 250 g/mol. The molecule has 1 saturated heterocycles.